The normalized spacial score (nSPS) is 17.8. The molecular weight excluding hydrogens is 522 g/mol. The van der Waals surface area contributed by atoms with E-state index in [2.05, 4.69) is 62.2 Å². The molecule has 1 heterocycles. The zero-order valence-electron chi connectivity index (χ0n) is 27.4. The lowest BCUT2D eigenvalue weighted by Crippen LogP contribution is -2.50. The van der Waals surface area contributed by atoms with E-state index in [1.54, 1.807) is 0 Å². The van der Waals surface area contributed by atoms with Crippen LogP contribution in [0.5, 0.6) is 0 Å². The van der Waals surface area contributed by atoms with Crippen LogP contribution in [-0.2, 0) is 4.79 Å². The second-order valence-electron chi connectivity index (χ2n) is 12.0. The SMILES string of the molecule is C#C.C/C=C(/CCC)C(=NCC)N(CC(C)(C)C(N)=O)C1CCCCC1.Cc1ccc(C(=O)NC2CCNC2)cc1C. The van der Waals surface area contributed by atoms with Crippen LogP contribution in [0, 0.1) is 32.1 Å². The van der Waals surface area contributed by atoms with Crippen molar-refractivity contribution in [3.05, 3.63) is 46.5 Å². The zero-order valence-corrected chi connectivity index (χ0v) is 27.4. The van der Waals surface area contributed by atoms with Crippen molar-refractivity contribution in [3.8, 4) is 12.8 Å². The summed E-state index contributed by atoms with van der Waals surface area (Å²) in [4.78, 5) is 31.1. The Bertz CT molecular complexity index is 1060. The Balaban J connectivity index is 0.000000423. The van der Waals surface area contributed by atoms with Gasteiger partial charge >= 0.3 is 0 Å². The van der Waals surface area contributed by atoms with Crippen molar-refractivity contribution in [1.29, 1.82) is 0 Å². The predicted molar refractivity (Wildman–Crippen MR) is 178 cm³/mol. The minimum absolute atomic E-state index is 0.0387. The Morgan fingerprint density at radius 2 is 1.79 bits per heavy atom. The molecule has 234 valence electrons. The molecule has 4 N–H and O–H groups in total. The van der Waals surface area contributed by atoms with Gasteiger partial charge in [-0.2, -0.15) is 0 Å². The summed E-state index contributed by atoms with van der Waals surface area (Å²) in [6.07, 6.45) is 19.5. The molecule has 0 radical (unpaired) electrons. The molecule has 1 saturated heterocycles. The van der Waals surface area contributed by atoms with Crippen LogP contribution in [0.15, 0.2) is 34.8 Å². The van der Waals surface area contributed by atoms with Crippen molar-refractivity contribution in [2.24, 2.45) is 16.1 Å². The van der Waals surface area contributed by atoms with Gasteiger partial charge in [0, 0.05) is 37.3 Å². The van der Waals surface area contributed by atoms with Crippen LogP contribution in [0.4, 0.5) is 0 Å². The number of benzene rings is 1. The highest BCUT2D eigenvalue weighted by molar-refractivity contribution is 5.99. The van der Waals surface area contributed by atoms with Gasteiger partial charge in [-0.15, -0.1) is 12.8 Å². The van der Waals surface area contributed by atoms with Crippen LogP contribution in [0.3, 0.4) is 0 Å². The van der Waals surface area contributed by atoms with E-state index in [0.717, 1.165) is 55.9 Å². The van der Waals surface area contributed by atoms with Crippen LogP contribution >= 0.6 is 0 Å². The summed E-state index contributed by atoms with van der Waals surface area (Å²) in [6.45, 7) is 17.6. The van der Waals surface area contributed by atoms with Crippen molar-refractivity contribution in [3.63, 3.8) is 0 Å². The van der Waals surface area contributed by atoms with E-state index >= 15 is 0 Å². The number of amides is 2. The number of primary amides is 1. The monoisotopic (exact) mass is 579 g/mol. The van der Waals surface area contributed by atoms with Gasteiger partial charge in [0.25, 0.3) is 5.91 Å². The number of nitrogens with zero attached hydrogens (tertiary/aromatic N) is 2. The first-order valence-corrected chi connectivity index (χ1v) is 15.7. The van der Waals surface area contributed by atoms with E-state index in [0.29, 0.717) is 12.6 Å². The summed E-state index contributed by atoms with van der Waals surface area (Å²) in [6, 6.07) is 6.59. The molecule has 0 spiro atoms. The van der Waals surface area contributed by atoms with Crippen molar-refractivity contribution in [2.75, 3.05) is 26.2 Å². The first-order chi connectivity index (χ1) is 20.0. The molecule has 0 bridgehead atoms. The molecule has 2 amide bonds. The Kier molecular flexibility index (Phi) is 16.8. The number of allylic oxidation sites excluding steroid dienone is 1. The van der Waals surface area contributed by atoms with Gasteiger partial charge in [-0.25, -0.2) is 0 Å². The second-order valence-corrected chi connectivity index (χ2v) is 12.0. The van der Waals surface area contributed by atoms with E-state index in [4.69, 9.17) is 10.7 Å². The van der Waals surface area contributed by atoms with Crippen molar-refractivity contribution >= 4 is 17.6 Å². The van der Waals surface area contributed by atoms with Gasteiger partial charge in [-0.3, -0.25) is 14.6 Å². The summed E-state index contributed by atoms with van der Waals surface area (Å²) in [5, 5.41) is 6.28. The lowest BCUT2D eigenvalue weighted by Gasteiger charge is -2.41. The van der Waals surface area contributed by atoms with E-state index in [9.17, 15) is 9.59 Å². The lowest BCUT2D eigenvalue weighted by molar-refractivity contribution is -0.126. The van der Waals surface area contributed by atoms with Gasteiger partial charge in [0.1, 0.15) is 5.84 Å². The highest BCUT2D eigenvalue weighted by Crippen LogP contribution is 2.29. The predicted octanol–water partition coefficient (Wildman–Crippen LogP) is 5.94. The molecule has 1 aromatic carbocycles. The zero-order chi connectivity index (χ0) is 31.7. The summed E-state index contributed by atoms with van der Waals surface area (Å²) < 4.78 is 0. The molecule has 2 aliphatic rings. The number of hydrogen-bond donors (Lipinski definition) is 3. The van der Waals surface area contributed by atoms with Crippen LogP contribution in [-0.4, -0.2) is 60.8 Å². The number of aliphatic imine (C=N–C) groups is 1. The van der Waals surface area contributed by atoms with Crippen LogP contribution in [0.2, 0.25) is 0 Å². The molecule has 7 heteroatoms. The summed E-state index contributed by atoms with van der Waals surface area (Å²) in [5.41, 5.74) is 9.55. The molecule has 1 saturated carbocycles. The maximum Gasteiger partial charge on any atom is 0.251 e. The second kappa shape index (κ2) is 19.2. The number of amidine groups is 1. The maximum atomic E-state index is 11.9. The highest BCUT2D eigenvalue weighted by Gasteiger charge is 2.34. The van der Waals surface area contributed by atoms with E-state index in [-0.39, 0.29) is 17.9 Å². The third-order valence-electron chi connectivity index (χ3n) is 8.15. The summed E-state index contributed by atoms with van der Waals surface area (Å²) >= 11 is 0. The van der Waals surface area contributed by atoms with Crippen molar-refractivity contribution in [1.82, 2.24) is 15.5 Å². The van der Waals surface area contributed by atoms with Gasteiger partial charge in [0.05, 0.1) is 5.41 Å². The molecule has 1 unspecified atom stereocenters. The highest BCUT2D eigenvalue weighted by atomic mass is 16.2. The number of nitrogens with one attached hydrogen (secondary N) is 2. The molecule has 1 aromatic rings. The Hall–Kier alpha value is -3.11. The van der Waals surface area contributed by atoms with Gasteiger partial charge in [-0.05, 0) is 103 Å². The average Bonchev–Trinajstić information content (AvgIpc) is 3.50. The molecule has 3 rings (SSSR count). The molecule has 7 nitrogen and oxygen atoms in total. The number of terminal acetylenes is 1. The quantitative estimate of drug-likeness (QED) is 0.181. The molecule has 42 heavy (non-hydrogen) atoms. The van der Waals surface area contributed by atoms with Gasteiger partial charge in [-0.1, -0.05) is 44.7 Å². The largest absolute Gasteiger partial charge is 0.369 e. The van der Waals surface area contributed by atoms with E-state index in [1.165, 1.54) is 43.2 Å². The minimum atomic E-state index is -0.559. The fourth-order valence-electron chi connectivity index (χ4n) is 5.38. The van der Waals surface area contributed by atoms with Crippen LogP contribution in [0.25, 0.3) is 0 Å². The number of carbonyl (C=O) groups excluding carboxylic acids is 2. The Morgan fingerprint density at radius 1 is 1.12 bits per heavy atom. The summed E-state index contributed by atoms with van der Waals surface area (Å²) in [7, 11) is 0. The number of hydrogen-bond acceptors (Lipinski definition) is 4. The topological polar surface area (TPSA) is 99.8 Å². The van der Waals surface area contributed by atoms with E-state index < -0.39 is 5.41 Å². The number of carbonyl (C=O) groups is 2. The molecule has 2 fully saturated rings. The average molecular weight is 580 g/mol. The number of nitrogens with two attached hydrogens (primary N) is 1. The van der Waals surface area contributed by atoms with E-state index in [1.807, 2.05) is 39.0 Å². The fraction of sp³-hybridized carbons (Fsp3) is 0.629. The van der Waals surface area contributed by atoms with Crippen LogP contribution in [0.1, 0.15) is 107 Å². The first-order valence-electron chi connectivity index (χ1n) is 15.7. The van der Waals surface area contributed by atoms with Gasteiger partial charge < -0.3 is 21.3 Å². The van der Waals surface area contributed by atoms with Gasteiger partial charge in [0.2, 0.25) is 5.91 Å². The third-order valence-corrected chi connectivity index (χ3v) is 8.15. The minimum Gasteiger partial charge on any atom is -0.369 e. The Morgan fingerprint density at radius 3 is 2.29 bits per heavy atom. The Labute approximate surface area is 256 Å². The number of aryl methyl sites for hydroxylation is 2. The molecule has 0 aromatic heterocycles. The van der Waals surface area contributed by atoms with Crippen LogP contribution < -0.4 is 16.4 Å². The van der Waals surface area contributed by atoms with Gasteiger partial charge in [0.15, 0.2) is 0 Å². The molecule has 1 aliphatic carbocycles. The molecular formula is C35H57N5O2. The lowest BCUT2D eigenvalue weighted by atomic mass is 9.87. The van der Waals surface area contributed by atoms with Crippen molar-refractivity contribution in [2.45, 2.75) is 112 Å². The fourth-order valence-corrected chi connectivity index (χ4v) is 5.38. The molecule has 1 aliphatic heterocycles. The number of rotatable bonds is 10. The summed E-state index contributed by atoms with van der Waals surface area (Å²) in [5.74, 6) is 0.886. The standard InChI is InChI=1S/C20H37N3O.C13H18N2O.C2H2/c1-6-12-16(7-2)18(22-8-3)23(15-20(4,5)19(21)24)17-13-10-9-11-14-17;1-9-3-4-11(7-10(9)2)13(16)15-12-5-6-14-8-12;1-2/h7,17H,6,8-15H2,1-5H3,(H2,21,24);3-4,7,12,14H,5-6,8H2,1-2H3,(H,15,16);1-2H/b16-7-,22-18?;;. The molecule has 1 atom stereocenters. The van der Waals surface area contributed by atoms with Crippen molar-refractivity contribution < 1.29 is 9.59 Å². The maximum absolute atomic E-state index is 11.9. The third kappa shape index (κ3) is 11.6. The first kappa shape index (κ1) is 36.9. The smallest absolute Gasteiger partial charge is 0.251 e.